The molecule has 0 atom stereocenters. The van der Waals surface area contributed by atoms with Crippen LogP contribution in [0.1, 0.15) is 22.3 Å². The molecule has 3 aromatic rings. The summed E-state index contributed by atoms with van der Waals surface area (Å²) in [6, 6.07) is 15.9. The molecule has 0 aliphatic carbocycles. The van der Waals surface area contributed by atoms with Gasteiger partial charge in [-0.25, -0.2) is 9.37 Å². The first-order valence-electron chi connectivity index (χ1n) is 8.71. The van der Waals surface area contributed by atoms with E-state index in [1.807, 2.05) is 38.1 Å². The van der Waals surface area contributed by atoms with Gasteiger partial charge in [-0.05, 0) is 48.2 Å². The molecule has 0 bridgehead atoms. The molecule has 4 nitrogen and oxygen atoms in total. The lowest BCUT2D eigenvalue weighted by molar-refractivity contribution is -0.120. The molecule has 0 saturated carbocycles. The number of pyridine rings is 1. The standard InChI is InChI=1S/C22H21FN2O2/c1-15-7-8-16(2)20(11-15)27-22-10-9-17(14-25-22)13-24-21(26)12-18-5-3-4-6-19(18)23/h3-11,14H,12-13H2,1-2H3,(H,24,26). The van der Waals surface area contributed by atoms with Crippen molar-refractivity contribution in [3.63, 3.8) is 0 Å². The molecule has 27 heavy (non-hydrogen) atoms. The number of carbonyl (C=O) groups excluding carboxylic acids is 1. The van der Waals surface area contributed by atoms with Crippen molar-refractivity contribution in [2.24, 2.45) is 0 Å². The molecule has 3 rings (SSSR count). The molecule has 0 fully saturated rings. The highest BCUT2D eigenvalue weighted by Crippen LogP contribution is 2.24. The van der Waals surface area contributed by atoms with Crippen molar-refractivity contribution in [2.45, 2.75) is 26.8 Å². The second-order valence-electron chi connectivity index (χ2n) is 6.42. The van der Waals surface area contributed by atoms with E-state index in [0.29, 0.717) is 18.0 Å². The Hall–Kier alpha value is -3.21. The summed E-state index contributed by atoms with van der Waals surface area (Å²) >= 11 is 0. The average Bonchev–Trinajstić information content (AvgIpc) is 2.66. The van der Waals surface area contributed by atoms with Gasteiger partial charge in [0, 0.05) is 18.8 Å². The normalized spacial score (nSPS) is 10.5. The molecule has 0 aliphatic heterocycles. The van der Waals surface area contributed by atoms with Gasteiger partial charge in [-0.15, -0.1) is 0 Å². The molecule has 2 aromatic carbocycles. The summed E-state index contributed by atoms with van der Waals surface area (Å²) in [6.07, 6.45) is 1.66. The summed E-state index contributed by atoms with van der Waals surface area (Å²) in [5, 5.41) is 2.77. The Morgan fingerprint density at radius 3 is 2.67 bits per heavy atom. The van der Waals surface area contributed by atoms with Crippen LogP contribution in [-0.2, 0) is 17.8 Å². The summed E-state index contributed by atoms with van der Waals surface area (Å²) in [4.78, 5) is 16.3. The van der Waals surface area contributed by atoms with Crippen LogP contribution in [0, 0.1) is 19.7 Å². The van der Waals surface area contributed by atoms with Gasteiger partial charge in [0.25, 0.3) is 0 Å². The Morgan fingerprint density at radius 2 is 1.93 bits per heavy atom. The van der Waals surface area contributed by atoms with Crippen LogP contribution in [0.4, 0.5) is 4.39 Å². The molecule has 138 valence electrons. The molecule has 0 aliphatic rings. The number of halogens is 1. The molecule has 0 spiro atoms. The predicted octanol–water partition coefficient (Wildman–Crippen LogP) is 4.49. The van der Waals surface area contributed by atoms with Crippen LogP contribution in [0.25, 0.3) is 0 Å². The minimum absolute atomic E-state index is 0.00787. The maximum Gasteiger partial charge on any atom is 0.224 e. The number of nitrogens with zero attached hydrogens (tertiary/aromatic N) is 1. The van der Waals surface area contributed by atoms with E-state index >= 15 is 0 Å². The first-order chi connectivity index (χ1) is 13.0. The van der Waals surface area contributed by atoms with Crippen molar-refractivity contribution in [1.82, 2.24) is 10.3 Å². The molecule has 1 heterocycles. The van der Waals surface area contributed by atoms with E-state index in [-0.39, 0.29) is 18.1 Å². The number of benzene rings is 2. The number of hydrogen-bond acceptors (Lipinski definition) is 3. The zero-order chi connectivity index (χ0) is 19.2. The molecule has 0 saturated heterocycles. The first-order valence-corrected chi connectivity index (χ1v) is 8.71. The highest BCUT2D eigenvalue weighted by atomic mass is 19.1. The van der Waals surface area contributed by atoms with E-state index < -0.39 is 0 Å². The summed E-state index contributed by atoms with van der Waals surface area (Å²) in [6.45, 7) is 4.31. The topological polar surface area (TPSA) is 51.2 Å². The summed E-state index contributed by atoms with van der Waals surface area (Å²) in [7, 11) is 0. The molecule has 0 unspecified atom stereocenters. The molecule has 0 radical (unpaired) electrons. The monoisotopic (exact) mass is 364 g/mol. The Kier molecular flexibility index (Phi) is 5.81. The smallest absolute Gasteiger partial charge is 0.224 e. The molecular weight excluding hydrogens is 343 g/mol. The lowest BCUT2D eigenvalue weighted by atomic mass is 10.1. The fraction of sp³-hybridized carbons (Fsp3) is 0.182. The van der Waals surface area contributed by atoms with Crippen LogP contribution < -0.4 is 10.1 Å². The summed E-state index contributed by atoms with van der Waals surface area (Å²) in [5.41, 5.74) is 3.37. The van der Waals surface area contributed by atoms with Crippen LogP contribution in [0.3, 0.4) is 0 Å². The SMILES string of the molecule is Cc1ccc(C)c(Oc2ccc(CNC(=O)Cc3ccccc3F)cn2)c1. The maximum atomic E-state index is 13.6. The molecule has 1 N–H and O–H groups in total. The zero-order valence-electron chi connectivity index (χ0n) is 15.3. The number of amides is 1. The number of hydrogen-bond donors (Lipinski definition) is 1. The lowest BCUT2D eigenvalue weighted by Crippen LogP contribution is -2.25. The van der Waals surface area contributed by atoms with Crippen LogP contribution in [-0.4, -0.2) is 10.9 Å². The number of rotatable bonds is 6. The Morgan fingerprint density at radius 1 is 1.11 bits per heavy atom. The van der Waals surface area contributed by atoms with Crippen LogP contribution in [0.2, 0.25) is 0 Å². The number of carbonyl (C=O) groups is 1. The summed E-state index contributed by atoms with van der Waals surface area (Å²) < 4.78 is 19.4. The molecule has 1 amide bonds. The number of aryl methyl sites for hydroxylation is 2. The molecule has 1 aromatic heterocycles. The highest BCUT2D eigenvalue weighted by Gasteiger charge is 2.08. The maximum absolute atomic E-state index is 13.6. The Labute approximate surface area is 158 Å². The van der Waals surface area contributed by atoms with Gasteiger partial charge in [-0.2, -0.15) is 0 Å². The van der Waals surface area contributed by atoms with Crippen molar-refractivity contribution in [2.75, 3.05) is 0 Å². The van der Waals surface area contributed by atoms with E-state index in [2.05, 4.69) is 10.3 Å². The number of ether oxygens (including phenoxy) is 1. The van der Waals surface area contributed by atoms with Crippen molar-refractivity contribution in [3.8, 4) is 11.6 Å². The van der Waals surface area contributed by atoms with E-state index in [1.165, 1.54) is 6.07 Å². The molecule has 5 heteroatoms. The van der Waals surface area contributed by atoms with Crippen LogP contribution in [0.5, 0.6) is 11.6 Å². The van der Waals surface area contributed by atoms with Gasteiger partial charge in [-0.1, -0.05) is 36.4 Å². The van der Waals surface area contributed by atoms with Gasteiger partial charge >= 0.3 is 0 Å². The predicted molar refractivity (Wildman–Crippen MR) is 102 cm³/mol. The van der Waals surface area contributed by atoms with E-state index in [9.17, 15) is 9.18 Å². The summed E-state index contributed by atoms with van der Waals surface area (Å²) in [5.74, 6) is 0.650. The lowest BCUT2D eigenvalue weighted by Gasteiger charge is -2.10. The van der Waals surface area contributed by atoms with Gasteiger partial charge in [0.05, 0.1) is 6.42 Å². The fourth-order valence-electron chi connectivity index (χ4n) is 2.58. The van der Waals surface area contributed by atoms with Gasteiger partial charge in [-0.3, -0.25) is 4.79 Å². The first kappa shape index (κ1) is 18.6. The van der Waals surface area contributed by atoms with Gasteiger partial charge < -0.3 is 10.1 Å². The average molecular weight is 364 g/mol. The zero-order valence-corrected chi connectivity index (χ0v) is 15.3. The Bertz CT molecular complexity index is 939. The third-order valence-electron chi connectivity index (χ3n) is 4.15. The second-order valence-corrected chi connectivity index (χ2v) is 6.42. The van der Waals surface area contributed by atoms with Gasteiger partial charge in [0.15, 0.2) is 0 Å². The minimum atomic E-state index is -0.373. The fourth-order valence-corrected chi connectivity index (χ4v) is 2.58. The van der Waals surface area contributed by atoms with Crippen molar-refractivity contribution in [3.05, 3.63) is 88.9 Å². The van der Waals surface area contributed by atoms with E-state index in [0.717, 1.165) is 22.4 Å². The quantitative estimate of drug-likeness (QED) is 0.701. The van der Waals surface area contributed by atoms with Gasteiger partial charge in [0.2, 0.25) is 11.8 Å². The van der Waals surface area contributed by atoms with Crippen molar-refractivity contribution < 1.29 is 13.9 Å². The van der Waals surface area contributed by atoms with Crippen molar-refractivity contribution in [1.29, 1.82) is 0 Å². The number of aromatic nitrogens is 1. The molecular formula is C22H21FN2O2. The van der Waals surface area contributed by atoms with Crippen LogP contribution >= 0.6 is 0 Å². The van der Waals surface area contributed by atoms with E-state index in [1.54, 1.807) is 30.5 Å². The minimum Gasteiger partial charge on any atom is -0.439 e. The van der Waals surface area contributed by atoms with Crippen LogP contribution in [0.15, 0.2) is 60.8 Å². The third-order valence-corrected chi connectivity index (χ3v) is 4.15. The third kappa shape index (κ3) is 5.14. The van der Waals surface area contributed by atoms with Gasteiger partial charge in [0.1, 0.15) is 11.6 Å². The largest absolute Gasteiger partial charge is 0.439 e. The second kappa shape index (κ2) is 8.45. The van der Waals surface area contributed by atoms with Crippen molar-refractivity contribution >= 4 is 5.91 Å². The Balaban J connectivity index is 1.55. The number of nitrogens with one attached hydrogen (secondary N) is 1. The highest BCUT2D eigenvalue weighted by molar-refractivity contribution is 5.78. The van der Waals surface area contributed by atoms with E-state index in [4.69, 9.17) is 4.74 Å².